The first-order valence-electron chi connectivity index (χ1n) is 8.29. The molecule has 136 valence electrons. The summed E-state index contributed by atoms with van der Waals surface area (Å²) in [5.74, 6) is -0.716. The van der Waals surface area contributed by atoms with Gasteiger partial charge in [-0.2, -0.15) is 0 Å². The van der Waals surface area contributed by atoms with Crippen LogP contribution in [0.1, 0.15) is 24.5 Å². The Bertz CT molecular complexity index is 899. The van der Waals surface area contributed by atoms with Crippen molar-refractivity contribution >= 4 is 23.1 Å². The molecule has 0 spiro atoms. The maximum atomic E-state index is 12.7. The minimum atomic E-state index is -4.48. The van der Waals surface area contributed by atoms with Crippen molar-refractivity contribution in [3.63, 3.8) is 0 Å². The van der Waals surface area contributed by atoms with Gasteiger partial charge in [0.2, 0.25) is 0 Å². The van der Waals surface area contributed by atoms with Crippen molar-refractivity contribution in [1.82, 2.24) is 0 Å². The molecule has 2 aromatic carbocycles. The number of ether oxygens (including phenoxy) is 1. The van der Waals surface area contributed by atoms with Crippen molar-refractivity contribution in [3.8, 4) is 6.07 Å². The number of hydrogen-bond acceptors (Lipinski definition) is 5. The van der Waals surface area contributed by atoms with Crippen molar-refractivity contribution in [2.45, 2.75) is 31.0 Å². The number of rotatable bonds is 7. The van der Waals surface area contributed by atoms with Crippen LogP contribution in [0.3, 0.4) is 0 Å². The normalized spacial score (nSPS) is 13.4. The third-order valence-electron chi connectivity index (χ3n) is 4.21. The van der Waals surface area contributed by atoms with E-state index in [-0.39, 0.29) is 22.8 Å². The molecule has 0 heterocycles. The first kappa shape index (κ1) is 19.8. The van der Waals surface area contributed by atoms with Gasteiger partial charge in [0.15, 0.2) is 0 Å². The molecule has 1 unspecified atom stereocenters. The molecule has 0 aliphatic rings. The van der Waals surface area contributed by atoms with E-state index in [0.29, 0.717) is 5.56 Å². The van der Waals surface area contributed by atoms with Gasteiger partial charge in [-0.25, -0.2) is 0 Å². The standard InChI is InChI=1S/C20H21NO4Se/c1-3-25-19(22)20(15-21,17-11-9-16(2)10-12-17)13-14-26(23,24)18-7-5-4-6-8-18/h4-12H,3,13-14H2,1-2H3. The van der Waals surface area contributed by atoms with Gasteiger partial charge in [-0.3, -0.25) is 0 Å². The van der Waals surface area contributed by atoms with Crippen molar-refractivity contribution in [2.75, 3.05) is 6.61 Å². The molecule has 0 radical (unpaired) electrons. The molecule has 2 rings (SSSR count). The SMILES string of the molecule is CCOC(=O)C(C#N)(CC[Se](=O)(=O)c1ccccc1)c1ccc(C)cc1. The second-order valence-corrected chi connectivity index (χ2v) is 10.4. The van der Waals surface area contributed by atoms with Gasteiger partial charge in [-0.1, -0.05) is 0 Å². The zero-order valence-electron chi connectivity index (χ0n) is 14.8. The number of aryl methyl sites for hydroxylation is 1. The van der Waals surface area contributed by atoms with Gasteiger partial charge >= 0.3 is 155 Å². The van der Waals surface area contributed by atoms with Crippen molar-refractivity contribution in [3.05, 3.63) is 65.7 Å². The minimum absolute atomic E-state index is 0.117. The predicted molar refractivity (Wildman–Crippen MR) is 97.7 cm³/mol. The molecule has 0 amide bonds. The first-order valence-corrected chi connectivity index (χ1v) is 11.8. The van der Waals surface area contributed by atoms with E-state index in [4.69, 9.17) is 4.74 Å². The van der Waals surface area contributed by atoms with Crippen LogP contribution < -0.4 is 4.46 Å². The number of esters is 1. The number of carbonyl (C=O) groups is 1. The molecule has 0 aliphatic heterocycles. The third-order valence-corrected chi connectivity index (χ3v) is 7.84. The molecule has 0 saturated heterocycles. The molecule has 0 fully saturated rings. The zero-order chi connectivity index (χ0) is 19.2. The Balaban J connectivity index is 2.40. The van der Waals surface area contributed by atoms with E-state index >= 15 is 0 Å². The Labute approximate surface area is 155 Å². The Kier molecular flexibility index (Phi) is 6.31. The fourth-order valence-corrected chi connectivity index (χ4v) is 5.56. The Morgan fingerprint density at radius 3 is 2.27 bits per heavy atom. The fraction of sp³-hybridized carbons (Fsp3) is 0.300. The molecule has 0 saturated carbocycles. The summed E-state index contributed by atoms with van der Waals surface area (Å²) in [6.07, 6.45) is -0.146. The summed E-state index contributed by atoms with van der Waals surface area (Å²) in [6, 6.07) is 17.1. The van der Waals surface area contributed by atoms with E-state index in [1.54, 1.807) is 49.4 Å². The van der Waals surface area contributed by atoms with Crippen LogP contribution >= 0.6 is 0 Å². The van der Waals surface area contributed by atoms with Gasteiger partial charge in [0.05, 0.1) is 0 Å². The summed E-state index contributed by atoms with van der Waals surface area (Å²) in [6.45, 7) is 3.66. The summed E-state index contributed by atoms with van der Waals surface area (Å²) in [5, 5.41) is 9.56. The van der Waals surface area contributed by atoms with Crippen LogP contribution in [-0.4, -0.2) is 25.3 Å². The number of benzene rings is 2. The van der Waals surface area contributed by atoms with E-state index in [9.17, 15) is 17.7 Å². The van der Waals surface area contributed by atoms with Crippen molar-refractivity contribution < 1.29 is 17.2 Å². The molecule has 6 heteroatoms. The van der Waals surface area contributed by atoms with Gasteiger partial charge in [0.25, 0.3) is 0 Å². The molecule has 2 aromatic rings. The fourth-order valence-electron chi connectivity index (χ4n) is 2.66. The first-order chi connectivity index (χ1) is 12.4. The predicted octanol–water partition coefficient (Wildman–Crippen LogP) is 2.92. The Morgan fingerprint density at radius 1 is 1.12 bits per heavy atom. The van der Waals surface area contributed by atoms with Crippen LogP contribution in [0.2, 0.25) is 5.32 Å². The van der Waals surface area contributed by atoms with Gasteiger partial charge in [0, 0.05) is 0 Å². The summed E-state index contributed by atoms with van der Waals surface area (Å²) in [7, 11) is 0. The van der Waals surface area contributed by atoms with Crippen LogP contribution in [0.4, 0.5) is 0 Å². The molecule has 1 atom stereocenters. The van der Waals surface area contributed by atoms with E-state index in [0.717, 1.165) is 5.56 Å². The molecule has 0 aromatic heterocycles. The molecule has 0 N–H and O–H groups in total. The van der Waals surface area contributed by atoms with Crippen LogP contribution in [-0.2, 0) is 22.6 Å². The molecular weight excluding hydrogens is 397 g/mol. The Hall–Kier alpha value is -2.48. The average molecular weight is 418 g/mol. The van der Waals surface area contributed by atoms with Gasteiger partial charge in [0.1, 0.15) is 0 Å². The van der Waals surface area contributed by atoms with Gasteiger partial charge in [-0.05, 0) is 0 Å². The van der Waals surface area contributed by atoms with E-state index in [1.807, 2.05) is 13.0 Å². The van der Waals surface area contributed by atoms with Crippen LogP contribution in [0.5, 0.6) is 0 Å². The average Bonchev–Trinajstić information content (AvgIpc) is 2.65. The molecule has 26 heavy (non-hydrogen) atoms. The maximum absolute atomic E-state index is 12.7. The summed E-state index contributed by atoms with van der Waals surface area (Å²) < 4.78 is 30.7. The quantitative estimate of drug-likeness (QED) is 0.510. The van der Waals surface area contributed by atoms with E-state index in [2.05, 4.69) is 0 Å². The van der Waals surface area contributed by atoms with Crippen molar-refractivity contribution in [2.24, 2.45) is 0 Å². The summed E-state index contributed by atoms with van der Waals surface area (Å²) in [4.78, 5) is 12.6. The number of nitrogens with zero attached hydrogens (tertiary/aromatic N) is 1. The zero-order valence-corrected chi connectivity index (χ0v) is 16.5. The summed E-state index contributed by atoms with van der Waals surface area (Å²) >= 11 is -4.48. The van der Waals surface area contributed by atoms with Crippen molar-refractivity contribution in [1.29, 1.82) is 5.26 Å². The molecule has 0 aliphatic carbocycles. The van der Waals surface area contributed by atoms with Crippen LogP contribution in [0, 0.1) is 18.3 Å². The van der Waals surface area contributed by atoms with E-state index in [1.165, 1.54) is 12.1 Å². The number of hydrogen-bond donors (Lipinski definition) is 0. The third kappa shape index (κ3) is 4.19. The molecule has 5 nitrogen and oxygen atoms in total. The second-order valence-electron chi connectivity index (χ2n) is 5.99. The summed E-state index contributed by atoms with van der Waals surface area (Å²) in [5.41, 5.74) is -0.216. The van der Waals surface area contributed by atoms with E-state index < -0.39 is 24.1 Å². The topological polar surface area (TPSA) is 84.2 Å². The number of carbonyl (C=O) groups excluding carboxylic acids is 1. The second kappa shape index (κ2) is 8.27. The van der Waals surface area contributed by atoms with Gasteiger partial charge in [-0.15, -0.1) is 0 Å². The molecular formula is C20H21NO4Se. The Morgan fingerprint density at radius 2 is 1.73 bits per heavy atom. The monoisotopic (exact) mass is 419 g/mol. The number of nitriles is 1. The molecule has 0 bridgehead atoms. The van der Waals surface area contributed by atoms with Gasteiger partial charge < -0.3 is 0 Å². The van der Waals surface area contributed by atoms with Crippen LogP contribution in [0.15, 0.2) is 54.6 Å². The van der Waals surface area contributed by atoms with Crippen LogP contribution in [0.25, 0.3) is 0 Å².